The smallest absolute Gasteiger partial charge is 0.327 e. The van der Waals surface area contributed by atoms with Gasteiger partial charge in [0.05, 0.1) is 19.0 Å². The molecule has 98 valence electrons. The summed E-state index contributed by atoms with van der Waals surface area (Å²) in [4.78, 5) is 24.6. The van der Waals surface area contributed by atoms with E-state index in [1.54, 1.807) is 11.1 Å². The summed E-state index contributed by atoms with van der Waals surface area (Å²) in [5.74, 6) is -0.379. The molecular weight excluding hydrogens is 236 g/mol. The molecule has 0 unspecified atom stereocenters. The molecule has 2 rings (SSSR count). The van der Waals surface area contributed by atoms with Crippen molar-refractivity contribution in [2.45, 2.75) is 19.4 Å². The fraction of sp³-hybridized carbons (Fsp3) is 0.545. The summed E-state index contributed by atoms with van der Waals surface area (Å²) < 4.78 is 5.95. The van der Waals surface area contributed by atoms with Crippen molar-refractivity contribution < 1.29 is 14.3 Å². The van der Waals surface area contributed by atoms with Gasteiger partial charge in [0.15, 0.2) is 0 Å². The molecule has 0 radical (unpaired) electrons. The van der Waals surface area contributed by atoms with Crippen LogP contribution in [0.3, 0.4) is 0 Å². The Labute approximate surface area is 105 Å². The lowest BCUT2D eigenvalue weighted by atomic mass is 10.4. The number of nitrogens with zero attached hydrogens (tertiary/aromatic N) is 3. The van der Waals surface area contributed by atoms with E-state index in [1.165, 1.54) is 18.0 Å². The summed E-state index contributed by atoms with van der Waals surface area (Å²) in [7, 11) is 1.32. The highest BCUT2D eigenvalue weighted by Crippen LogP contribution is 2.11. The van der Waals surface area contributed by atoms with Crippen LogP contribution in [0.2, 0.25) is 0 Å². The van der Waals surface area contributed by atoms with Gasteiger partial charge in [0, 0.05) is 19.3 Å². The lowest BCUT2D eigenvalue weighted by Gasteiger charge is -2.14. The minimum absolute atomic E-state index is 0.0378. The number of esters is 1. The van der Waals surface area contributed by atoms with Gasteiger partial charge in [-0.15, -0.1) is 0 Å². The average Bonchev–Trinajstić information content (AvgIpc) is 3.00. The summed E-state index contributed by atoms with van der Waals surface area (Å²) >= 11 is 0. The lowest BCUT2D eigenvalue weighted by molar-refractivity contribution is -0.141. The fourth-order valence-corrected chi connectivity index (χ4v) is 1.83. The molecule has 1 aliphatic rings. The van der Waals surface area contributed by atoms with Crippen molar-refractivity contribution in [3.63, 3.8) is 0 Å². The molecule has 0 saturated carbocycles. The fourth-order valence-electron chi connectivity index (χ4n) is 1.83. The molecule has 0 aromatic carbocycles. The molecule has 1 aromatic heterocycles. The van der Waals surface area contributed by atoms with Gasteiger partial charge < -0.3 is 15.0 Å². The lowest BCUT2D eigenvalue weighted by Crippen LogP contribution is -2.31. The molecule has 7 nitrogen and oxygen atoms in total. The Hall–Kier alpha value is -2.05. The molecule has 7 heteroatoms. The molecule has 0 bridgehead atoms. The van der Waals surface area contributed by atoms with Crippen LogP contribution in [-0.4, -0.2) is 46.9 Å². The maximum absolute atomic E-state index is 11.8. The van der Waals surface area contributed by atoms with Crippen LogP contribution in [0.5, 0.6) is 0 Å². The van der Waals surface area contributed by atoms with Crippen molar-refractivity contribution in [2.24, 2.45) is 0 Å². The zero-order chi connectivity index (χ0) is 13.0. The van der Waals surface area contributed by atoms with Crippen molar-refractivity contribution in [1.29, 1.82) is 0 Å². The molecule has 1 fully saturated rings. The molecule has 2 amide bonds. The monoisotopic (exact) mass is 252 g/mol. The van der Waals surface area contributed by atoms with E-state index in [0.29, 0.717) is 5.69 Å². The molecule has 0 aliphatic carbocycles. The Morgan fingerprint density at radius 2 is 2.17 bits per heavy atom. The summed E-state index contributed by atoms with van der Waals surface area (Å²) in [6.07, 6.45) is 5.21. The van der Waals surface area contributed by atoms with Crippen LogP contribution in [0.1, 0.15) is 12.8 Å². The molecular formula is C11H16N4O3. The third-order valence-corrected chi connectivity index (χ3v) is 2.80. The van der Waals surface area contributed by atoms with Gasteiger partial charge >= 0.3 is 12.0 Å². The zero-order valence-corrected chi connectivity index (χ0v) is 10.3. The quantitative estimate of drug-likeness (QED) is 0.803. The van der Waals surface area contributed by atoms with E-state index in [-0.39, 0.29) is 18.5 Å². The number of amides is 2. The highest BCUT2D eigenvalue weighted by Gasteiger charge is 2.18. The number of hydrogen-bond donors (Lipinski definition) is 1. The molecule has 0 atom stereocenters. The number of methoxy groups -OCH3 is 1. The largest absolute Gasteiger partial charge is 0.468 e. The number of hydrogen-bond acceptors (Lipinski definition) is 4. The predicted molar refractivity (Wildman–Crippen MR) is 64.1 cm³/mol. The first-order valence-corrected chi connectivity index (χ1v) is 5.84. The van der Waals surface area contributed by atoms with Gasteiger partial charge in [-0.1, -0.05) is 0 Å². The van der Waals surface area contributed by atoms with E-state index in [2.05, 4.69) is 15.2 Å². The van der Waals surface area contributed by atoms with E-state index in [9.17, 15) is 9.59 Å². The first-order valence-electron chi connectivity index (χ1n) is 5.84. The standard InChI is InChI=1S/C11H16N4O3/c1-18-10(16)8-15-7-9(6-12-15)13-11(17)14-4-2-3-5-14/h6-7H,2-5,8H2,1H3,(H,13,17). The van der Waals surface area contributed by atoms with Gasteiger partial charge in [-0.25, -0.2) is 4.79 Å². The number of nitrogens with one attached hydrogen (secondary N) is 1. The van der Waals surface area contributed by atoms with Crippen molar-refractivity contribution in [2.75, 3.05) is 25.5 Å². The molecule has 18 heavy (non-hydrogen) atoms. The molecule has 1 aromatic rings. The van der Waals surface area contributed by atoms with Crippen molar-refractivity contribution in [3.05, 3.63) is 12.4 Å². The molecule has 1 aliphatic heterocycles. The average molecular weight is 252 g/mol. The van der Waals surface area contributed by atoms with Crippen LogP contribution in [0.4, 0.5) is 10.5 Å². The van der Waals surface area contributed by atoms with Crippen LogP contribution >= 0.6 is 0 Å². The van der Waals surface area contributed by atoms with E-state index in [0.717, 1.165) is 25.9 Å². The topological polar surface area (TPSA) is 76.5 Å². The molecule has 1 saturated heterocycles. The van der Waals surface area contributed by atoms with E-state index >= 15 is 0 Å². The number of ether oxygens (including phenoxy) is 1. The number of likely N-dealkylation sites (tertiary alicyclic amines) is 1. The zero-order valence-electron chi connectivity index (χ0n) is 10.3. The van der Waals surface area contributed by atoms with E-state index in [1.807, 2.05) is 0 Å². The van der Waals surface area contributed by atoms with E-state index < -0.39 is 0 Å². The summed E-state index contributed by atoms with van der Waals surface area (Å²) in [5.41, 5.74) is 0.579. The first-order chi connectivity index (χ1) is 8.69. The third kappa shape index (κ3) is 2.99. The number of urea groups is 1. The highest BCUT2D eigenvalue weighted by molar-refractivity contribution is 5.89. The number of anilines is 1. The summed E-state index contributed by atoms with van der Waals surface area (Å²) in [6, 6.07) is -0.120. The van der Waals surface area contributed by atoms with Gasteiger partial charge in [0.25, 0.3) is 0 Å². The molecule has 1 N–H and O–H groups in total. The second kappa shape index (κ2) is 5.52. The Morgan fingerprint density at radius 3 is 2.83 bits per heavy atom. The van der Waals surface area contributed by atoms with Crippen molar-refractivity contribution in [3.8, 4) is 0 Å². The SMILES string of the molecule is COC(=O)Cn1cc(NC(=O)N2CCCC2)cn1. The Balaban J connectivity index is 1.89. The minimum atomic E-state index is -0.379. The van der Waals surface area contributed by atoms with Crippen LogP contribution in [0.15, 0.2) is 12.4 Å². The molecule has 2 heterocycles. The number of carbonyl (C=O) groups is 2. The number of aromatic nitrogens is 2. The van der Waals surface area contributed by atoms with Crippen LogP contribution in [0, 0.1) is 0 Å². The molecule has 0 spiro atoms. The predicted octanol–water partition coefficient (Wildman–Crippen LogP) is 0.684. The van der Waals surface area contributed by atoms with Crippen LogP contribution in [0.25, 0.3) is 0 Å². The third-order valence-electron chi connectivity index (χ3n) is 2.80. The highest BCUT2D eigenvalue weighted by atomic mass is 16.5. The van der Waals surface area contributed by atoms with Crippen LogP contribution in [-0.2, 0) is 16.1 Å². The normalized spacial score (nSPS) is 14.6. The number of rotatable bonds is 3. The van der Waals surface area contributed by atoms with Crippen molar-refractivity contribution >= 4 is 17.7 Å². The Kier molecular flexibility index (Phi) is 3.81. The van der Waals surface area contributed by atoms with E-state index in [4.69, 9.17) is 0 Å². The van der Waals surface area contributed by atoms with Gasteiger partial charge in [-0.05, 0) is 12.8 Å². The van der Waals surface area contributed by atoms with Gasteiger partial charge in [-0.2, -0.15) is 5.10 Å². The van der Waals surface area contributed by atoms with Gasteiger partial charge in [0.1, 0.15) is 6.54 Å². The maximum Gasteiger partial charge on any atom is 0.327 e. The van der Waals surface area contributed by atoms with Gasteiger partial charge in [-0.3, -0.25) is 9.48 Å². The Bertz CT molecular complexity index is 437. The second-order valence-corrected chi connectivity index (χ2v) is 4.13. The van der Waals surface area contributed by atoms with Crippen LogP contribution < -0.4 is 5.32 Å². The summed E-state index contributed by atoms with van der Waals surface area (Å²) in [6.45, 7) is 1.63. The van der Waals surface area contributed by atoms with Crippen molar-refractivity contribution in [1.82, 2.24) is 14.7 Å². The summed E-state index contributed by atoms with van der Waals surface area (Å²) in [5, 5.41) is 6.71. The second-order valence-electron chi connectivity index (χ2n) is 4.13. The number of carbonyl (C=O) groups excluding carboxylic acids is 2. The first kappa shape index (κ1) is 12.4. The van der Waals surface area contributed by atoms with Gasteiger partial charge in [0.2, 0.25) is 0 Å². The minimum Gasteiger partial charge on any atom is -0.468 e. The maximum atomic E-state index is 11.8. The Morgan fingerprint density at radius 1 is 1.44 bits per heavy atom.